The van der Waals surface area contributed by atoms with Crippen LogP contribution in [0.1, 0.15) is 25.8 Å². The molecule has 0 saturated carbocycles. The van der Waals surface area contributed by atoms with Crippen molar-refractivity contribution < 1.29 is 9.13 Å². The Labute approximate surface area is 102 Å². The van der Waals surface area contributed by atoms with Gasteiger partial charge in [-0.25, -0.2) is 4.39 Å². The summed E-state index contributed by atoms with van der Waals surface area (Å²) in [5, 5.41) is 3.23. The molecule has 0 saturated heterocycles. The molecular formula is C14H18FNO. The van der Waals surface area contributed by atoms with Crippen LogP contribution in [-0.4, -0.2) is 12.6 Å². The third-order valence-corrected chi connectivity index (χ3v) is 2.24. The van der Waals surface area contributed by atoms with Crippen LogP contribution < -0.4 is 10.1 Å². The topological polar surface area (TPSA) is 21.3 Å². The van der Waals surface area contributed by atoms with Crippen molar-refractivity contribution in [2.45, 2.75) is 32.9 Å². The first-order valence-electron chi connectivity index (χ1n) is 5.72. The maximum atomic E-state index is 13.6. The molecule has 1 aromatic carbocycles. The van der Waals surface area contributed by atoms with Crippen molar-refractivity contribution in [1.82, 2.24) is 5.32 Å². The third-order valence-electron chi connectivity index (χ3n) is 2.24. The molecule has 0 aliphatic rings. The number of rotatable bonds is 6. The monoisotopic (exact) mass is 235 g/mol. The van der Waals surface area contributed by atoms with E-state index in [9.17, 15) is 4.39 Å². The number of benzene rings is 1. The lowest BCUT2D eigenvalue weighted by Crippen LogP contribution is -2.22. The normalized spacial score (nSPS) is 10.3. The standard InChI is InChI=1S/C14H18FNO/c1-4-5-9-17-14-12(10-16-11(2)3)7-6-8-13(14)15/h1,6-8,11,16H,5,9-10H2,2-3H3. The van der Waals surface area contributed by atoms with E-state index in [0.717, 1.165) is 5.56 Å². The molecule has 0 atom stereocenters. The van der Waals surface area contributed by atoms with Crippen molar-refractivity contribution in [3.05, 3.63) is 29.6 Å². The second-order valence-corrected chi connectivity index (χ2v) is 4.07. The van der Waals surface area contributed by atoms with Gasteiger partial charge in [0.05, 0.1) is 6.61 Å². The predicted octanol–water partition coefficient (Wildman–Crippen LogP) is 2.73. The van der Waals surface area contributed by atoms with Gasteiger partial charge in [0.25, 0.3) is 0 Å². The molecule has 0 bridgehead atoms. The summed E-state index contributed by atoms with van der Waals surface area (Å²) in [6.07, 6.45) is 5.61. The Morgan fingerprint density at radius 1 is 1.47 bits per heavy atom. The zero-order valence-electron chi connectivity index (χ0n) is 10.3. The summed E-state index contributed by atoms with van der Waals surface area (Å²) >= 11 is 0. The van der Waals surface area contributed by atoms with E-state index in [2.05, 4.69) is 11.2 Å². The lowest BCUT2D eigenvalue weighted by molar-refractivity contribution is 0.305. The van der Waals surface area contributed by atoms with E-state index in [1.54, 1.807) is 6.07 Å². The van der Waals surface area contributed by atoms with Gasteiger partial charge in [-0.1, -0.05) is 26.0 Å². The largest absolute Gasteiger partial charge is 0.489 e. The first-order chi connectivity index (χ1) is 8.15. The highest BCUT2D eigenvalue weighted by atomic mass is 19.1. The predicted molar refractivity (Wildman–Crippen MR) is 67.3 cm³/mol. The molecule has 1 N–H and O–H groups in total. The number of nitrogens with one attached hydrogen (secondary N) is 1. The smallest absolute Gasteiger partial charge is 0.165 e. The van der Waals surface area contributed by atoms with Crippen LogP contribution in [0.15, 0.2) is 18.2 Å². The minimum absolute atomic E-state index is 0.302. The van der Waals surface area contributed by atoms with Crippen LogP contribution >= 0.6 is 0 Å². The molecular weight excluding hydrogens is 217 g/mol. The average Bonchev–Trinajstić information content (AvgIpc) is 2.29. The Morgan fingerprint density at radius 2 is 2.24 bits per heavy atom. The molecule has 0 aromatic heterocycles. The summed E-state index contributed by atoms with van der Waals surface area (Å²) in [7, 11) is 0. The minimum atomic E-state index is -0.343. The minimum Gasteiger partial charge on any atom is -0.489 e. The number of hydrogen-bond acceptors (Lipinski definition) is 2. The first kappa shape index (κ1) is 13.5. The van der Waals surface area contributed by atoms with E-state index in [1.807, 2.05) is 19.9 Å². The third kappa shape index (κ3) is 4.46. The van der Waals surface area contributed by atoms with Crippen LogP contribution in [0.4, 0.5) is 4.39 Å². The molecule has 92 valence electrons. The van der Waals surface area contributed by atoms with E-state index in [-0.39, 0.29) is 5.82 Å². The number of ether oxygens (including phenoxy) is 1. The zero-order chi connectivity index (χ0) is 12.7. The lowest BCUT2D eigenvalue weighted by Gasteiger charge is -2.13. The molecule has 0 heterocycles. The van der Waals surface area contributed by atoms with Crippen molar-refractivity contribution in [3.8, 4) is 18.1 Å². The fourth-order valence-electron chi connectivity index (χ4n) is 1.38. The van der Waals surface area contributed by atoms with E-state index >= 15 is 0 Å². The van der Waals surface area contributed by atoms with Crippen LogP contribution in [0.2, 0.25) is 0 Å². The van der Waals surface area contributed by atoms with Gasteiger partial charge in [0.1, 0.15) is 0 Å². The van der Waals surface area contributed by atoms with E-state index < -0.39 is 0 Å². The number of terminal acetylenes is 1. The maximum absolute atomic E-state index is 13.6. The van der Waals surface area contributed by atoms with Gasteiger partial charge < -0.3 is 10.1 Å². The molecule has 17 heavy (non-hydrogen) atoms. The van der Waals surface area contributed by atoms with Crippen molar-refractivity contribution >= 4 is 0 Å². The molecule has 1 aromatic rings. The van der Waals surface area contributed by atoms with E-state index in [1.165, 1.54) is 6.07 Å². The van der Waals surface area contributed by atoms with Crippen molar-refractivity contribution in [2.24, 2.45) is 0 Å². The van der Waals surface area contributed by atoms with Crippen molar-refractivity contribution in [1.29, 1.82) is 0 Å². The Morgan fingerprint density at radius 3 is 2.88 bits per heavy atom. The molecule has 0 aliphatic carbocycles. The van der Waals surface area contributed by atoms with Gasteiger partial charge in [0.15, 0.2) is 11.6 Å². The lowest BCUT2D eigenvalue weighted by atomic mass is 10.2. The van der Waals surface area contributed by atoms with Gasteiger partial charge in [-0.2, -0.15) is 0 Å². The summed E-state index contributed by atoms with van der Waals surface area (Å²) in [6, 6.07) is 5.27. The molecule has 0 spiro atoms. The van der Waals surface area contributed by atoms with Crippen molar-refractivity contribution in [2.75, 3.05) is 6.61 Å². The van der Waals surface area contributed by atoms with Crippen LogP contribution in [0, 0.1) is 18.2 Å². The fraction of sp³-hybridized carbons (Fsp3) is 0.429. The summed E-state index contributed by atoms with van der Waals surface area (Å²) < 4.78 is 19.0. The maximum Gasteiger partial charge on any atom is 0.165 e. The molecule has 0 unspecified atom stereocenters. The zero-order valence-corrected chi connectivity index (χ0v) is 10.3. The molecule has 3 heteroatoms. The molecule has 0 amide bonds. The molecule has 2 nitrogen and oxygen atoms in total. The summed E-state index contributed by atoms with van der Waals surface area (Å²) in [5.74, 6) is 2.42. The summed E-state index contributed by atoms with van der Waals surface area (Å²) in [4.78, 5) is 0. The van der Waals surface area contributed by atoms with Crippen LogP contribution in [0.3, 0.4) is 0 Å². The Hall–Kier alpha value is -1.53. The first-order valence-corrected chi connectivity index (χ1v) is 5.72. The van der Waals surface area contributed by atoms with Crippen LogP contribution in [0.5, 0.6) is 5.75 Å². The van der Waals surface area contributed by atoms with Gasteiger partial charge in [0, 0.05) is 24.6 Å². The molecule has 1 rings (SSSR count). The number of hydrogen-bond donors (Lipinski definition) is 1. The second kappa shape index (κ2) is 6.93. The summed E-state index contributed by atoms with van der Waals surface area (Å²) in [5.41, 5.74) is 0.815. The summed E-state index contributed by atoms with van der Waals surface area (Å²) in [6.45, 7) is 5.00. The highest BCUT2D eigenvalue weighted by molar-refractivity contribution is 5.35. The van der Waals surface area contributed by atoms with Crippen LogP contribution in [0.25, 0.3) is 0 Å². The SMILES string of the molecule is C#CCCOc1c(F)cccc1CNC(C)C. The number of halogens is 1. The fourth-order valence-corrected chi connectivity index (χ4v) is 1.38. The highest BCUT2D eigenvalue weighted by Gasteiger charge is 2.09. The van der Waals surface area contributed by atoms with Crippen LogP contribution in [-0.2, 0) is 6.54 Å². The molecule has 0 radical (unpaired) electrons. The Balaban J connectivity index is 2.74. The molecule has 0 aliphatic heterocycles. The van der Waals surface area contributed by atoms with Gasteiger partial charge in [-0.05, 0) is 6.07 Å². The second-order valence-electron chi connectivity index (χ2n) is 4.07. The van der Waals surface area contributed by atoms with Gasteiger partial charge in [-0.15, -0.1) is 12.3 Å². The van der Waals surface area contributed by atoms with E-state index in [4.69, 9.17) is 11.2 Å². The molecule has 0 fully saturated rings. The highest BCUT2D eigenvalue weighted by Crippen LogP contribution is 2.22. The van der Waals surface area contributed by atoms with Crippen molar-refractivity contribution in [3.63, 3.8) is 0 Å². The average molecular weight is 235 g/mol. The quantitative estimate of drug-likeness (QED) is 0.604. The van der Waals surface area contributed by atoms with E-state index in [0.29, 0.717) is 31.4 Å². The number of para-hydroxylation sites is 1. The van der Waals surface area contributed by atoms with Gasteiger partial charge in [0.2, 0.25) is 0 Å². The van der Waals surface area contributed by atoms with Gasteiger partial charge in [-0.3, -0.25) is 0 Å². The Bertz CT molecular complexity index is 396. The van der Waals surface area contributed by atoms with Gasteiger partial charge >= 0.3 is 0 Å². The Kier molecular flexibility index (Phi) is 5.51.